The molecule has 0 aliphatic carbocycles. The number of benzene rings is 1. The van der Waals surface area contributed by atoms with Gasteiger partial charge in [0.25, 0.3) is 0 Å². The minimum Gasteiger partial charge on any atom is -0.478 e. The molecule has 0 aliphatic rings. The van der Waals surface area contributed by atoms with Crippen LogP contribution in [0, 0.1) is 0 Å². The molecule has 1 aromatic rings. The topological polar surface area (TPSA) is 121 Å². The zero-order chi connectivity index (χ0) is 15.3. The second-order valence-corrected chi connectivity index (χ2v) is 5.53. The second-order valence-electron chi connectivity index (χ2n) is 4.25. The van der Waals surface area contributed by atoms with Crippen LogP contribution in [0.5, 0.6) is 0 Å². The van der Waals surface area contributed by atoms with Crippen molar-refractivity contribution in [3.63, 3.8) is 0 Å². The summed E-state index contributed by atoms with van der Waals surface area (Å²) in [4.78, 5) is 21.9. The Morgan fingerprint density at radius 3 is 2.55 bits per heavy atom. The van der Waals surface area contributed by atoms with Crippen LogP contribution in [-0.2, 0) is 4.79 Å². The summed E-state index contributed by atoms with van der Waals surface area (Å²) in [5.74, 6) is -0.889. The van der Waals surface area contributed by atoms with Crippen molar-refractivity contribution in [2.75, 3.05) is 11.5 Å². The Labute approximate surface area is 120 Å². The van der Waals surface area contributed by atoms with Gasteiger partial charge in [0.1, 0.15) is 6.10 Å². The third-order valence-electron chi connectivity index (χ3n) is 2.75. The molecular weight excluding hydrogens is 282 g/mol. The van der Waals surface area contributed by atoms with Gasteiger partial charge in [-0.25, -0.2) is 4.79 Å². The molecule has 0 aliphatic heterocycles. The monoisotopic (exact) mass is 299 g/mol. The summed E-state index contributed by atoms with van der Waals surface area (Å²) in [7, 11) is 0. The quantitative estimate of drug-likeness (QED) is 0.579. The van der Waals surface area contributed by atoms with E-state index in [4.69, 9.17) is 10.8 Å². The predicted molar refractivity (Wildman–Crippen MR) is 76.5 cm³/mol. The van der Waals surface area contributed by atoms with Crippen LogP contribution in [0.2, 0.25) is 0 Å². The number of carboxylic acid groups (broad SMARTS) is 1. The molecule has 0 saturated carbocycles. The van der Waals surface area contributed by atoms with Crippen molar-refractivity contribution in [3.8, 4) is 0 Å². The fourth-order valence-corrected chi connectivity index (χ4v) is 2.42. The summed E-state index contributed by atoms with van der Waals surface area (Å²) in [5, 5.41) is 29.0. The number of aliphatic hydroxyl groups excluding tert-OH is 2. The lowest BCUT2D eigenvalue weighted by atomic mass is 9.95. The fraction of sp³-hybridized carbons (Fsp3) is 0.385. The van der Waals surface area contributed by atoms with Crippen molar-refractivity contribution < 1.29 is 24.9 Å². The molecule has 0 spiro atoms. The lowest BCUT2D eigenvalue weighted by Gasteiger charge is -2.21. The summed E-state index contributed by atoms with van der Waals surface area (Å²) in [5.41, 5.74) is 5.65. The average Bonchev–Trinajstić information content (AvgIpc) is 2.36. The minimum absolute atomic E-state index is 0.000301. The molecule has 0 fully saturated rings. The highest BCUT2D eigenvalue weighted by atomic mass is 32.2. The van der Waals surface area contributed by atoms with Crippen LogP contribution in [0.4, 0.5) is 5.69 Å². The molecule has 2 atom stereocenters. The van der Waals surface area contributed by atoms with Gasteiger partial charge in [0.2, 0.25) is 0 Å². The maximum absolute atomic E-state index is 11.1. The summed E-state index contributed by atoms with van der Waals surface area (Å²) in [6, 6.07) is 4.24. The van der Waals surface area contributed by atoms with Crippen LogP contribution in [0.15, 0.2) is 18.2 Å². The number of aromatic carboxylic acids is 1. The maximum Gasteiger partial charge on any atom is 0.336 e. The van der Waals surface area contributed by atoms with E-state index in [-0.39, 0.29) is 28.4 Å². The van der Waals surface area contributed by atoms with Crippen molar-refractivity contribution in [2.45, 2.75) is 25.6 Å². The third kappa shape index (κ3) is 4.22. The number of anilines is 1. The third-order valence-corrected chi connectivity index (χ3v) is 3.60. The smallest absolute Gasteiger partial charge is 0.336 e. The first-order valence-corrected chi connectivity index (χ1v) is 6.94. The highest BCUT2D eigenvalue weighted by Crippen LogP contribution is 2.29. The number of nitrogens with two attached hydrogens (primary N) is 1. The lowest BCUT2D eigenvalue weighted by Crippen LogP contribution is -2.22. The van der Waals surface area contributed by atoms with E-state index in [0.29, 0.717) is 5.75 Å². The number of carboxylic acids is 1. The van der Waals surface area contributed by atoms with E-state index in [1.54, 1.807) is 0 Å². The minimum atomic E-state index is -1.41. The summed E-state index contributed by atoms with van der Waals surface area (Å²) >= 11 is 1.03. The Bertz CT molecular complexity index is 506. The van der Waals surface area contributed by atoms with Gasteiger partial charge in [-0.2, -0.15) is 0 Å². The Morgan fingerprint density at radius 2 is 2.00 bits per heavy atom. The zero-order valence-corrected chi connectivity index (χ0v) is 11.8. The maximum atomic E-state index is 11.1. The highest BCUT2D eigenvalue weighted by molar-refractivity contribution is 8.13. The number of carbonyl (C=O) groups is 2. The molecule has 0 radical (unpaired) electrons. The highest BCUT2D eigenvalue weighted by Gasteiger charge is 2.25. The van der Waals surface area contributed by atoms with Crippen molar-refractivity contribution in [1.29, 1.82) is 0 Å². The molecule has 1 rings (SSSR count). The molecule has 2 unspecified atom stereocenters. The number of rotatable bonds is 6. The van der Waals surface area contributed by atoms with Gasteiger partial charge in [0, 0.05) is 23.9 Å². The summed E-state index contributed by atoms with van der Waals surface area (Å²) in [6.07, 6.45) is -2.45. The van der Waals surface area contributed by atoms with Crippen molar-refractivity contribution in [2.24, 2.45) is 0 Å². The number of thioether (sulfide) groups is 1. The molecule has 0 aromatic heterocycles. The van der Waals surface area contributed by atoms with Crippen LogP contribution in [0.1, 0.15) is 35.4 Å². The van der Waals surface area contributed by atoms with Crippen molar-refractivity contribution in [1.82, 2.24) is 0 Å². The number of hydrogen-bond acceptors (Lipinski definition) is 6. The van der Waals surface area contributed by atoms with Gasteiger partial charge >= 0.3 is 5.97 Å². The van der Waals surface area contributed by atoms with Crippen LogP contribution in [0.3, 0.4) is 0 Å². The Hall–Kier alpha value is -1.57. The van der Waals surface area contributed by atoms with Crippen LogP contribution >= 0.6 is 11.8 Å². The SMILES string of the molecule is CC(=O)SCCC(O)C(O)c1c(N)cccc1C(=O)O. The van der Waals surface area contributed by atoms with Crippen LogP contribution in [0.25, 0.3) is 0 Å². The normalized spacial score (nSPS) is 13.8. The second kappa shape index (κ2) is 7.28. The summed E-state index contributed by atoms with van der Waals surface area (Å²) in [6.45, 7) is 1.41. The first kappa shape index (κ1) is 16.5. The number of aliphatic hydroxyl groups is 2. The number of nitrogen functional groups attached to an aromatic ring is 1. The number of hydrogen-bond donors (Lipinski definition) is 4. The van der Waals surface area contributed by atoms with Gasteiger partial charge in [0.05, 0.1) is 11.7 Å². The zero-order valence-electron chi connectivity index (χ0n) is 10.9. The van der Waals surface area contributed by atoms with Crippen LogP contribution < -0.4 is 5.73 Å². The first-order chi connectivity index (χ1) is 9.34. The van der Waals surface area contributed by atoms with E-state index in [0.717, 1.165) is 11.8 Å². The summed E-state index contributed by atoms with van der Waals surface area (Å²) < 4.78 is 0. The molecule has 0 bridgehead atoms. The Balaban J connectivity index is 2.88. The van der Waals surface area contributed by atoms with E-state index < -0.39 is 18.2 Å². The molecule has 5 N–H and O–H groups in total. The van der Waals surface area contributed by atoms with E-state index >= 15 is 0 Å². The van der Waals surface area contributed by atoms with Crippen molar-refractivity contribution >= 4 is 28.5 Å². The average molecular weight is 299 g/mol. The van der Waals surface area contributed by atoms with E-state index in [2.05, 4.69) is 0 Å². The molecule has 1 aromatic carbocycles. The van der Waals surface area contributed by atoms with Gasteiger partial charge in [-0.05, 0) is 18.6 Å². The molecule has 110 valence electrons. The van der Waals surface area contributed by atoms with E-state index in [9.17, 15) is 19.8 Å². The fourth-order valence-electron chi connectivity index (χ4n) is 1.77. The molecule has 0 heterocycles. The van der Waals surface area contributed by atoms with E-state index in [1.165, 1.54) is 25.1 Å². The molecule has 6 nitrogen and oxygen atoms in total. The Kier molecular flexibility index (Phi) is 6.00. The number of carbonyl (C=O) groups excluding carboxylic acids is 1. The molecular formula is C13H17NO5S. The molecule has 0 saturated heterocycles. The van der Waals surface area contributed by atoms with Gasteiger partial charge in [0.15, 0.2) is 5.12 Å². The largest absolute Gasteiger partial charge is 0.478 e. The Morgan fingerprint density at radius 1 is 1.35 bits per heavy atom. The van der Waals surface area contributed by atoms with Crippen LogP contribution in [-0.4, -0.2) is 38.3 Å². The van der Waals surface area contributed by atoms with Crippen molar-refractivity contribution in [3.05, 3.63) is 29.3 Å². The van der Waals surface area contributed by atoms with Gasteiger partial charge in [-0.3, -0.25) is 4.79 Å². The standard InChI is InChI=1S/C13H17NO5S/c1-7(15)20-6-5-10(16)12(17)11-8(13(18)19)3-2-4-9(11)14/h2-4,10,12,16-17H,5-6,14H2,1H3,(H,18,19). The molecule has 20 heavy (non-hydrogen) atoms. The predicted octanol–water partition coefficient (Wildman–Crippen LogP) is 1.03. The van der Waals surface area contributed by atoms with Gasteiger partial charge in [-0.1, -0.05) is 17.8 Å². The van der Waals surface area contributed by atoms with E-state index in [1.807, 2.05) is 0 Å². The van der Waals surface area contributed by atoms with Gasteiger partial charge in [-0.15, -0.1) is 0 Å². The lowest BCUT2D eigenvalue weighted by molar-refractivity contribution is -0.109. The molecule has 0 amide bonds. The first-order valence-electron chi connectivity index (χ1n) is 5.95. The molecule has 7 heteroatoms. The van der Waals surface area contributed by atoms with Gasteiger partial charge < -0.3 is 21.1 Å².